The average Bonchev–Trinajstić information content (AvgIpc) is 3.00. The molecule has 1 aliphatic carbocycles. The van der Waals surface area contributed by atoms with Crippen LogP contribution in [0.4, 0.5) is 5.69 Å². The maximum absolute atomic E-state index is 4.05. The molecule has 0 aliphatic heterocycles. The van der Waals surface area contributed by atoms with Gasteiger partial charge in [0.25, 0.3) is 0 Å². The fourth-order valence-corrected chi connectivity index (χ4v) is 2.95. The summed E-state index contributed by atoms with van der Waals surface area (Å²) in [5.74, 6) is 0. The van der Waals surface area contributed by atoms with E-state index in [1.807, 2.05) is 6.20 Å². The number of nitrogens with zero attached hydrogens (tertiary/aromatic N) is 1. The molecule has 0 radical (unpaired) electrons. The molecule has 3 nitrogen and oxygen atoms in total. The minimum Gasteiger partial charge on any atom is -0.382 e. The van der Waals surface area contributed by atoms with Crippen molar-refractivity contribution in [2.45, 2.75) is 39.2 Å². The van der Waals surface area contributed by atoms with E-state index < -0.39 is 0 Å². The molecule has 1 unspecified atom stereocenters. The maximum Gasteiger partial charge on any atom is 0.0924 e. The zero-order valence-electron chi connectivity index (χ0n) is 11.6. The van der Waals surface area contributed by atoms with Crippen LogP contribution < -0.4 is 5.32 Å². The lowest BCUT2D eigenvalue weighted by atomic mass is 9.92. The lowest BCUT2D eigenvalue weighted by Crippen LogP contribution is -2.17. The van der Waals surface area contributed by atoms with E-state index in [0.29, 0.717) is 11.5 Å². The minimum absolute atomic E-state index is 0.494. The highest BCUT2D eigenvalue weighted by molar-refractivity contribution is 5.62. The van der Waals surface area contributed by atoms with E-state index in [2.05, 4.69) is 53.4 Å². The maximum atomic E-state index is 4.05. The highest BCUT2D eigenvalue weighted by atomic mass is 14.9. The molecule has 1 aliphatic rings. The van der Waals surface area contributed by atoms with Gasteiger partial charge in [0.2, 0.25) is 0 Å². The number of aromatic amines is 1. The van der Waals surface area contributed by atoms with Crippen molar-refractivity contribution in [3.8, 4) is 11.3 Å². The Balaban J connectivity index is 1.67. The van der Waals surface area contributed by atoms with Crippen molar-refractivity contribution in [2.24, 2.45) is 5.41 Å². The van der Waals surface area contributed by atoms with E-state index in [0.717, 1.165) is 5.69 Å². The summed E-state index contributed by atoms with van der Waals surface area (Å²) in [6, 6.07) is 9.20. The SMILES string of the molecule is CC1(C)CCC(Nc2ccc(-c3cnc[nH]3)cc2)C1. The highest BCUT2D eigenvalue weighted by Gasteiger charge is 2.30. The number of H-pyrrole nitrogens is 1. The highest BCUT2D eigenvalue weighted by Crippen LogP contribution is 2.38. The molecule has 0 amide bonds. The monoisotopic (exact) mass is 255 g/mol. The van der Waals surface area contributed by atoms with Crippen LogP contribution in [0, 0.1) is 5.41 Å². The number of imidazole rings is 1. The predicted octanol–water partition coefficient (Wildman–Crippen LogP) is 4.07. The summed E-state index contributed by atoms with van der Waals surface area (Å²) in [6.07, 6.45) is 7.41. The zero-order chi connectivity index (χ0) is 13.3. The van der Waals surface area contributed by atoms with Crippen LogP contribution >= 0.6 is 0 Å². The Morgan fingerprint density at radius 1 is 1.26 bits per heavy atom. The number of rotatable bonds is 3. The summed E-state index contributed by atoms with van der Waals surface area (Å²) >= 11 is 0. The van der Waals surface area contributed by atoms with Gasteiger partial charge in [-0.15, -0.1) is 0 Å². The van der Waals surface area contributed by atoms with Gasteiger partial charge in [-0.3, -0.25) is 0 Å². The van der Waals surface area contributed by atoms with Crippen LogP contribution in [-0.4, -0.2) is 16.0 Å². The van der Waals surface area contributed by atoms with Gasteiger partial charge in [0, 0.05) is 11.7 Å². The standard InChI is InChI=1S/C16H21N3/c1-16(2)8-7-14(9-16)19-13-5-3-12(4-6-13)15-10-17-11-18-15/h3-6,10-11,14,19H,7-9H2,1-2H3,(H,17,18). The Labute approximate surface area is 114 Å². The number of hydrogen-bond acceptors (Lipinski definition) is 2. The van der Waals surface area contributed by atoms with Gasteiger partial charge in [-0.1, -0.05) is 26.0 Å². The van der Waals surface area contributed by atoms with Gasteiger partial charge in [0.15, 0.2) is 0 Å². The third-order valence-electron chi connectivity index (χ3n) is 4.03. The fourth-order valence-electron chi connectivity index (χ4n) is 2.95. The molecule has 1 atom stereocenters. The van der Waals surface area contributed by atoms with E-state index >= 15 is 0 Å². The van der Waals surface area contributed by atoms with Crippen molar-refractivity contribution < 1.29 is 0 Å². The minimum atomic E-state index is 0.494. The van der Waals surface area contributed by atoms with Crippen molar-refractivity contribution in [3.63, 3.8) is 0 Å². The molecule has 2 aromatic rings. The van der Waals surface area contributed by atoms with Crippen LogP contribution in [0.5, 0.6) is 0 Å². The van der Waals surface area contributed by atoms with Crippen molar-refractivity contribution in [2.75, 3.05) is 5.32 Å². The Hall–Kier alpha value is -1.77. The molecule has 1 saturated carbocycles. The number of nitrogens with one attached hydrogen (secondary N) is 2. The molecule has 100 valence electrons. The van der Waals surface area contributed by atoms with Gasteiger partial charge in [0.1, 0.15) is 0 Å². The van der Waals surface area contributed by atoms with Crippen molar-refractivity contribution in [3.05, 3.63) is 36.8 Å². The number of benzene rings is 1. The van der Waals surface area contributed by atoms with Crippen LogP contribution in [0.15, 0.2) is 36.8 Å². The summed E-state index contributed by atoms with van der Waals surface area (Å²) in [5, 5.41) is 3.64. The first-order valence-electron chi connectivity index (χ1n) is 6.98. The number of hydrogen-bond donors (Lipinski definition) is 2. The Kier molecular flexibility index (Phi) is 3.05. The van der Waals surface area contributed by atoms with Crippen LogP contribution in [0.3, 0.4) is 0 Å². The summed E-state index contributed by atoms with van der Waals surface area (Å²) in [4.78, 5) is 7.17. The van der Waals surface area contributed by atoms with Gasteiger partial charge in [0.05, 0.1) is 18.2 Å². The fraction of sp³-hybridized carbons (Fsp3) is 0.438. The van der Waals surface area contributed by atoms with Crippen molar-refractivity contribution in [1.82, 2.24) is 9.97 Å². The second kappa shape index (κ2) is 4.72. The first-order chi connectivity index (χ1) is 9.12. The third kappa shape index (κ3) is 2.80. The Morgan fingerprint density at radius 3 is 2.63 bits per heavy atom. The van der Waals surface area contributed by atoms with E-state index in [1.54, 1.807) is 6.33 Å². The van der Waals surface area contributed by atoms with E-state index in [-0.39, 0.29) is 0 Å². The number of anilines is 1. The van der Waals surface area contributed by atoms with Crippen LogP contribution in [-0.2, 0) is 0 Å². The smallest absolute Gasteiger partial charge is 0.0924 e. The molecule has 0 spiro atoms. The summed E-state index contributed by atoms with van der Waals surface area (Å²) in [6.45, 7) is 4.71. The second-order valence-corrected chi connectivity index (χ2v) is 6.29. The average molecular weight is 255 g/mol. The van der Waals surface area contributed by atoms with Crippen LogP contribution in [0.1, 0.15) is 33.1 Å². The second-order valence-electron chi connectivity index (χ2n) is 6.29. The van der Waals surface area contributed by atoms with Gasteiger partial charge in [-0.25, -0.2) is 4.98 Å². The lowest BCUT2D eigenvalue weighted by molar-refractivity contribution is 0.378. The molecule has 2 N–H and O–H groups in total. The molecule has 19 heavy (non-hydrogen) atoms. The van der Waals surface area contributed by atoms with Crippen LogP contribution in [0.2, 0.25) is 0 Å². The van der Waals surface area contributed by atoms with Gasteiger partial charge in [-0.05, 0) is 42.4 Å². The van der Waals surface area contributed by atoms with E-state index in [9.17, 15) is 0 Å². The first kappa shape index (κ1) is 12.3. The van der Waals surface area contributed by atoms with Crippen molar-refractivity contribution >= 4 is 5.69 Å². The van der Waals surface area contributed by atoms with Crippen LogP contribution in [0.25, 0.3) is 11.3 Å². The van der Waals surface area contributed by atoms with Gasteiger partial charge in [-0.2, -0.15) is 0 Å². The van der Waals surface area contributed by atoms with Crippen molar-refractivity contribution in [1.29, 1.82) is 0 Å². The molecule has 0 bridgehead atoms. The summed E-state index contributed by atoms with van der Waals surface area (Å²) in [5.41, 5.74) is 3.95. The summed E-state index contributed by atoms with van der Waals surface area (Å²) in [7, 11) is 0. The molecular formula is C16H21N3. The summed E-state index contributed by atoms with van der Waals surface area (Å²) < 4.78 is 0. The van der Waals surface area contributed by atoms with Gasteiger partial charge < -0.3 is 10.3 Å². The molecule has 3 rings (SSSR count). The van der Waals surface area contributed by atoms with Gasteiger partial charge >= 0.3 is 0 Å². The van der Waals surface area contributed by atoms with E-state index in [1.165, 1.54) is 30.5 Å². The first-order valence-corrected chi connectivity index (χ1v) is 6.98. The molecular weight excluding hydrogens is 234 g/mol. The topological polar surface area (TPSA) is 40.7 Å². The molecule has 1 fully saturated rings. The molecule has 1 aromatic carbocycles. The lowest BCUT2D eigenvalue weighted by Gasteiger charge is -2.18. The zero-order valence-corrected chi connectivity index (χ0v) is 11.6. The molecule has 1 heterocycles. The normalized spacial score (nSPS) is 21.5. The Bertz CT molecular complexity index is 526. The molecule has 3 heteroatoms. The Morgan fingerprint density at radius 2 is 2.05 bits per heavy atom. The predicted molar refractivity (Wildman–Crippen MR) is 79.1 cm³/mol. The third-order valence-corrected chi connectivity index (χ3v) is 4.03. The largest absolute Gasteiger partial charge is 0.382 e. The number of aromatic nitrogens is 2. The molecule has 1 aromatic heterocycles. The van der Waals surface area contributed by atoms with E-state index in [4.69, 9.17) is 0 Å². The molecule has 0 saturated heterocycles. The quantitative estimate of drug-likeness (QED) is 0.868.